The summed E-state index contributed by atoms with van der Waals surface area (Å²) in [6.45, 7) is 2.04. The lowest BCUT2D eigenvalue weighted by Crippen LogP contribution is -2.09. The number of rotatable bonds is 2. The van der Waals surface area contributed by atoms with Gasteiger partial charge in [0.2, 0.25) is 5.82 Å². The molecule has 0 amide bonds. The van der Waals surface area contributed by atoms with Crippen molar-refractivity contribution in [1.82, 2.24) is 9.97 Å². The second-order valence-corrected chi connectivity index (χ2v) is 3.55. The first-order valence-corrected chi connectivity index (χ1v) is 5.18. The molecule has 1 heterocycles. The molecule has 0 bridgehead atoms. The van der Waals surface area contributed by atoms with E-state index in [1.54, 1.807) is 31.3 Å². The van der Waals surface area contributed by atoms with Gasteiger partial charge in [-0.05, 0) is 25.1 Å². The number of aromatic nitrogens is 2. The molecule has 0 aliphatic rings. The predicted octanol–water partition coefficient (Wildman–Crippen LogP) is 2.46. The van der Waals surface area contributed by atoms with E-state index >= 15 is 0 Å². The van der Waals surface area contributed by atoms with Crippen molar-refractivity contribution in [2.75, 3.05) is 6.61 Å². The Morgan fingerprint density at radius 3 is 3.06 bits per heavy atom. The summed E-state index contributed by atoms with van der Waals surface area (Å²) in [5, 5.41) is 1.40. The number of fused-ring (bicyclic) bond motifs is 1. The van der Waals surface area contributed by atoms with Crippen LogP contribution in [0.4, 0.5) is 0 Å². The van der Waals surface area contributed by atoms with Crippen molar-refractivity contribution in [2.24, 2.45) is 0 Å². The third-order valence-corrected chi connectivity index (χ3v) is 2.23. The maximum absolute atomic E-state index is 11.4. The summed E-state index contributed by atoms with van der Waals surface area (Å²) in [6, 6.07) is 5.19. The number of hydrogen-bond donors (Lipinski definition) is 0. The number of esters is 1. The first kappa shape index (κ1) is 10.8. The molecule has 1 aromatic heterocycles. The van der Waals surface area contributed by atoms with Crippen molar-refractivity contribution in [3.05, 3.63) is 35.2 Å². The summed E-state index contributed by atoms with van der Waals surface area (Å²) < 4.78 is 4.81. The summed E-state index contributed by atoms with van der Waals surface area (Å²) in [5.74, 6) is -0.448. The van der Waals surface area contributed by atoms with Gasteiger partial charge in [0.25, 0.3) is 0 Å². The fraction of sp³-hybridized carbons (Fsp3) is 0.182. The van der Waals surface area contributed by atoms with Gasteiger partial charge in [0, 0.05) is 16.6 Å². The van der Waals surface area contributed by atoms with E-state index < -0.39 is 5.97 Å². The smallest absolute Gasteiger partial charge is 0.376 e. The highest BCUT2D eigenvalue weighted by molar-refractivity contribution is 6.31. The van der Waals surface area contributed by atoms with Gasteiger partial charge in [-0.3, -0.25) is 0 Å². The van der Waals surface area contributed by atoms with E-state index in [2.05, 4.69) is 9.97 Å². The molecule has 0 aliphatic carbocycles. The van der Waals surface area contributed by atoms with Crippen molar-refractivity contribution in [1.29, 1.82) is 0 Å². The summed E-state index contributed by atoms with van der Waals surface area (Å²) in [7, 11) is 0. The number of carbonyl (C=O) groups excluding carboxylic acids is 1. The standard InChI is InChI=1S/C11H9ClN2O2/c1-2-16-11(15)10-13-6-7-5-8(12)3-4-9(7)14-10/h3-6H,2H2,1H3. The molecule has 0 aliphatic heterocycles. The number of halogens is 1. The van der Waals surface area contributed by atoms with E-state index in [9.17, 15) is 4.79 Å². The zero-order chi connectivity index (χ0) is 11.5. The van der Waals surface area contributed by atoms with Crippen molar-refractivity contribution < 1.29 is 9.53 Å². The number of benzene rings is 1. The highest BCUT2D eigenvalue weighted by Gasteiger charge is 2.10. The maximum Gasteiger partial charge on any atom is 0.376 e. The van der Waals surface area contributed by atoms with E-state index in [4.69, 9.17) is 16.3 Å². The zero-order valence-electron chi connectivity index (χ0n) is 8.61. The Hall–Kier alpha value is -1.68. The van der Waals surface area contributed by atoms with Crippen LogP contribution in [0, 0.1) is 0 Å². The normalized spacial score (nSPS) is 10.4. The van der Waals surface area contributed by atoms with Crippen LogP contribution in [0.3, 0.4) is 0 Å². The lowest BCUT2D eigenvalue weighted by Gasteiger charge is -2.01. The number of nitrogens with zero attached hydrogens (tertiary/aromatic N) is 2. The molecule has 82 valence electrons. The summed E-state index contributed by atoms with van der Waals surface area (Å²) >= 11 is 5.82. The fourth-order valence-electron chi connectivity index (χ4n) is 1.30. The second-order valence-electron chi connectivity index (χ2n) is 3.12. The minimum Gasteiger partial charge on any atom is -0.460 e. The molecule has 0 unspecified atom stereocenters. The molecule has 0 saturated carbocycles. The molecule has 0 radical (unpaired) electrons. The highest BCUT2D eigenvalue weighted by Crippen LogP contribution is 2.16. The molecule has 1 aromatic carbocycles. The zero-order valence-corrected chi connectivity index (χ0v) is 9.36. The van der Waals surface area contributed by atoms with Gasteiger partial charge < -0.3 is 4.74 Å². The van der Waals surface area contributed by atoms with Crippen LogP contribution in [-0.2, 0) is 4.74 Å². The van der Waals surface area contributed by atoms with Crippen molar-refractivity contribution in [3.63, 3.8) is 0 Å². The monoisotopic (exact) mass is 236 g/mol. The Bertz CT molecular complexity index is 542. The predicted molar refractivity (Wildman–Crippen MR) is 60.5 cm³/mol. The van der Waals surface area contributed by atoms with Crippen LogP contribution in [-0.4, -0.2) is 22.5 Å². The van der Waals surface area contributed by atoms with E-state index in [1.165, 1.54) is 0 Å². The molecule has 5 heteroatoms. The third-order valence-electron chi connectivity index (χ3n) is 2.00. The minimum absolute atomic E-state index is 0.0664. The number of hydrogen-bond acceptors (Lipinski definition) is 4. The Kier molecular flexibility index (Phi) is 3.01. The van der Waals surface area contributed by atoms with Gasteiger partial charge >= 0.3 is 5.97 Å². The summed E-state index contributed by atoms with van der Waals surface area (Å²) in [4.78, 5) is 19.4. The van der Waals surface area contributed by atoms with Gasteiger partial charge in [-0.2, -0.15) is 0 Å². The van der Waals surface area contributed by atoms with Crippen molar-refractivity contribution in [2.45, 2.75) is 6.92 Å². The Balaban J connectivity index is 2.44. The molecule has 4 nitrogen and oxygen atoms in total. The van der Waals surface area contributed by atoms with Gasteiger partial charge in [0.15, 0.2) is 0 Å². The Morgan fingerprint density at radius 1 is 1.50 bits per heavy atom. The SMILES string of the molecule is CCOC(=O)c1ncc2cc(Cl)ccc2n1. The Labute approximate surface area is 97.2 Å². The molecular weight excluding hydrogens is 228 g/mol. The molecule has 0 atom stereocenters. The van der Waals surface area contributed by atoms with Gasteiger partial charge in [0.1, 0.15) is 0 Å². The molecule has 0 fully saturated rings. The second kappa shape index (κ2) is 4.45. The lowest BCUT2D eigenvalue weighted by molar-refractivity contribution is 0.0512. The van der Waals surface area contributed by atoms with E-state index in [-0.39, 0.29) is 5.82 Å². The van der Waals surface area contributed by atoms with Crippen LogP contribution in [0.15, 0.2) is 24.4 Å². The number of carbonyl (C=O) groups is 1. The molecule has 16 heavy (non-hydrogen) atoms. The highest BCUT2D eigenvalue weighted by atomic mass is 35.5. The van der Waals surface area contributed by atoms with Crippen LogP contribution in [0.1, 0.15) is 17.5 Å². The van der Waals surface area contributed by atoms with Crippen molar-refractivity contribution in [3.8, 4) is 0 Å². The van der Waals surface area contributed by atoms with Gasteiger partial charge in [0.05, 0.1) is 12.1 Å². The lowest BCUT2D eigenvalue weighted by atomic mass is 10.2. The molecule has 0 saturated heterocycles. The first-order valence-electron chi connectivity index (χ1n) is 4.80. The van der Waals surface area contributed by atoms with Gasteiger partial charge in [-0.25, -0.2) is 14.8 Å². The van der Waals surface area contributed by atoms with Crippen LogP contribution < -0.4 is 0 Å². The third kappa shape index (κ3) is 2.12. The molecular formula is C11H9ClN2O2. The fourth-order valence-corrected chi connectivity index (χ4v) is 1.48. The average molecular weight is 237 g/mol. The Morgan fingerprint density at radius 2 is 2.31 bits per heavy atom. The van der Waals surface area contributed by atoms with Crippen LogP contribution in [0.5, 0.6) is 0 Å². The average Bonchev–Trinajstić information content (AvgIpc) is 2.28. The van der Waals surface area contributed by atoms with Crippen molar-refractivity contribution >= 4 is 28.5 Å². The van der Waals surface area contributed by atoms with E-state index in [0.717, 1.165) is 5.39 Å². The van der Waals surface area contributed by atoms with E-state index in [0.29, 0.717) is 17.1 Å². The summed E-state index contributed by atoms with van der Waals surface area (Å²) in [5.41, 5.74) is 0.669. The number of ether oxygens (including phenoxy) is 1. The van der Waals surface area contributed by atoms with Crippen LogP contribution >= 0.6 is 11.6 Å². The first-order chi connectivity index (χ1) is 7.70. The largest absolute Gasteiger partial charge is 0.460 e. The molecule has 0 N–H and O–H groups in total. The topological polar surface area (TPSA) is 52.1 Å². The van der Waals surface area contributed by atoms with Gasteiger partial charge in [-0.15, -0.1) is 0 Å². The quantitative estimate of drug-likeness (QED) is 0.752. The van der Waals surface area contributed by atoms with Crippen LogP contribution in [0.2, 0.25) is 5.02 Å². The molecule has 2 rings (SSSR count). The minimum atomic E-state index is -0.514. The van der Waals surface area contributed by atoms with E-state index in [1.807, 2.05) is 0 Å². The summed E-state index contributed by atoms with van der Waals surface area (Å²) in [6.07, 6.45) is 1.56. The molecule has 0 spiro atoms. The maximum atomic E-state index is 11.4. The van der Waals surface area contributed by atoms with Gasteiger partial charge in [-0.1, -0.05) is 11.6 Å². The molecule has 2 aromatic rings. The van der Waals surface area contributed by atoms with Crippen LogP contribution in [0.25, 0.3) is 10.9 Å².